The van der Waals surface area contributed by atoms with Crippen molar-refractivity contribution >= 4 is 28.0 Å². The van der Waals surface area contributed by atoms with Crippen molar-refractivity contribution in [3.8, 4) is 23.1 Å². The van der Waals surface area contributed by atoms with Gasteiger partial charge in [0.25, 0.3) is 5.91 Å². The minimum absolute atomic E-state index is 0.00892. The largest absolute Gasteiger partial charge is 0.494 e. The third-order valence-electron chi connectivity index (χ3n) is 8.93. The highest BCUT2D eigenvalue weighted by Gasteiger charge is 2.31. The number of rotatable bonds is 8. The van der Waals surface area contributed by atoms with E-state index in [4.69, 9.17) is 20.4 Å². The molecule has 1 amide bonds. The summed E-state index contributed by atoms with van der Waals surface area (Å²) in [7, 11) is 1.55. The van der Waals surface area contributed by atoms with E-state index in [0.717, 1.165) is 41.7 Å². The Morgan fingerprint density at radius 1 is 1.09 bits per heavy atom. The van der Waals surface area contributed by atoms with Crippen molar-refractivity contribution < 1.29 is 18.3 Å². The predicted molar refractivity (Wildman–Crippen MR) is 172 cm³/mol. The smallest absolute Gasteiger partial charge is 0.254 e. The van der Waals surface area contributed by atoms with Crippen LogP contribution in [0.15, 0.2) is 67.1 Å². The van der Waals surface area contributed by atoms with Gasteiger partial charge in [-0.3, -0.25) is 4.79 Å². The molecule has 0 spiro atoms. The number of carbonyl (C=O) groups is 1. The van der Waals surface area contributed by atoms with Gasteiger partial charge < -0.3 is 24.5 Å². The van der Waals surface area contributed by atoms with Crippen molar-refractivity contribution in [2.24, 2.45) is 11.7 Å². The second-order valence-electron chi connectivity index (χ2n) is 12.5. The van der Waals surface area contributed by atoms with Gasteiger partial charge in [0.15, 0.2) is 11.6 Å². The van der Waals surface area contributed by atoms with Crippen LogP contribution in [-0.4, -0.2) is 77.1 Å². The quantitative estimate of drug-likeness (QED) is 0.239. The van der Waals surface area contributed by atoms with Gasteiger partial charge in [-0.2, -0.15) is 9.49 Å². The van der Waals surface area contributed by atoms with E-state index in [1.807, 2.05) is 12.1 Å². The van der Waals surface area contributed by atoms with Gasteiger partial charge in [0.1, 0.15) is 23.1 Å². The van der Waals surface area contributed by atoms with E-state index >= 15 is 0 Å². The summed E-state index contributed by atoms with van der Waals surface area (Å²) in [6, 6.07) is 13.6. The molecule has 1 saturated heterocycles. The molecule has 0 bridgehead atoms. The van der Waals surface area contributed by atoms with Gasteiger partial charge in [-0.25, -0.2) is 24.0 Å². The van der Waals surface area contributed by atoms with Gasteiger partial charge >= 0.3 is 0 Å². The highest BCUT2D eigenvalue weighted by Crippen LogP contribution is 2.38. The Balaban J connectivity index is 1.28. The van der Waals surface area contributed by atoms with Crippen molar-refractivity contribution in [2.45, 2.75) is 44.6 Å². The maximum Gasteiger partial charge on any atom is 0.254 e. The lowest BCUT2D eigenvalue weighted by Crippen LogP contribution is -2.50. The lowest BCUT2D eigenvalue weighted by Gasteiger charge is -2.33. The van der Waals surface area contributed by atoms with Gasteiger partial charge in [0.2, 0.25) is 5.95 Å². The molecule has 2 N–H and O–H groups in total. The molecule has 1 saturated carbocycles. The molecule has 13 heteroatoms. The summed E-state index contributed by atoms with van der Waals surface area (Å²) >= 11 is 0. The number of alkyl halides is 1. The minimum atomic E-state index is -1.18. The van der Waals surface area contributed by atoms with Gasteiger partial charge in [0, 0.05) is 48.0 Å². The molecule has 240 valence electrons. The van der Waals surface area contributed by atoms with Crippen LogP contribution < -0.4 is 10.5 Å². The number of nitrogens with zero attached hydrogens (tertiary/aromatic N) is 8. The van der Waals surface area contributed by atoms with Crippen LogP contribution in [0.25, 0.3) is 39.4 Å². The molecule has 47 heavy (non-hydrogen) atoms. The fraction of sp³-hybridized carbons (Fsp3) is 0.324. The van der Waals surface area contributed by atoms with Crippen LogP contribution in [0.1, 0.15) is 35.2 Å². The molecule has 5 aromatic heterocycles. The summed E-state index contributed by atoms with van der Waals surface area (Å²) in [6.45, 7) is 1.42. The molecule has 1 aliphatic carbocycles. The van der Waals surface area contributed by atoms with Crippen LogP contribution >= 0.6 is 0 Å². The van der Waals surface area contributed by atoms with Crippen molar-refractivity contribution in [3.63, 3.8) is 0 Å². The van der Waals surface area contributed by atoms with E-state index in [9.17, 15) is 13.6 Å². The highest BCUT2D eigenvalue weighted by molar-refractivity contribution is 6.00. The van der Waals surface area contributed by atoms with Gasteiger partial charge in [-0.05, 0) is 67.6 Å². The molecule has 6 aromatic rings. The average molecular weight is 638 g/mol. The van der Waals surface area contributed by atoms with E-state index in [0.29, 0.717) is 46.5 Å². The second-order valence-corrected chi connectivity index (χ2v) is 12.5. The number of imidazole rings is 1. The fourth-order valence-electron chi connectivity index (χ4n) is 6.57. The number of pyridine rings is 2. The monoisotopic (exact) mass is 637 g/mol. The first-order chi connectivity index (χ1) is 22.8. The van der Waals surface area contributed by atoms with Gasteiger partial charge in [0.05, 0.1) is 37.6 Å². The number of aromatic nitrogens is 7. The number of halogens is 2. The molecule has 0 unspecified atom stereocenters. The van der Waals surface area contributed by atoms with Crippen molar-refractivity contribution in [1.29, 1.82) is 0 Å². The standard InChI is InChI=1S/C34H33F2N9O2/c1-47-28-12-23(34(46)42-18-24(35)13-25(37)19-42)10-26-31(28)44(16-21-14-39-45(17-21)30-6-2-5-29(36)41-30)33(40-26)27-11-22-4-3-9-38-32(22)43(27)15-20-7-8-20/h2-6,9-12,14,17,20,24-25H,7-8,13,15-16,18-19,37H2,1H3/t24-,25-/m1/s1. The van der Waals surface area contributed by atoms with E-state index in [1.165, 1.54) is 15.6 Å². The van der Waals surface area contributed by atoms with E-state index in [-0.39, 0.29) is 25.4 Å². The molecule has 1 aliphatic heterocycles. The molecular weight excluding hydrogens is 604 g/mol. The van der Waals surface area contributed by atoms with Crippen LogP contribution in [-0.2, 0) is 13.1 Å². The average Bonchev–Trinajstić information content (AvgIpc) is 3.46. The van der Waals surface area contributed by atoms with E-state index in [2.05, 4.69) is 25.3 Å². The van der Waals surface area contributed by atoms with Crippen molar-refractivity contribution in [3.05, 3.63) is 84.2 Å². The summed E-state index contributed by atoms with van der Waals surface area (Å²) in [5, 5.41) is 5.45. The number of likely N-dealkylation sites (tertiary alicyclic amines) is 1. The highest BCUT2D eigenvalue weighted by atomic mass is 19.1. The van der Waals surface area contributed by atoms with E-state index in [1.54, 1.807) is 50.0 Å². The van der Waals surface area contributed by atoms with Crippen molar-refractivity contribution in [1.82, 2.24) is 38.8 Å². The molecule has 6 heterocycles. The number of ether oxygens (including phenoxy) is 1. The van der Waals surface area contributed by atoms with Crippen LogP contribution in [0.2, 0.25) is 0 Å². The molecule has 2 atom stereocenters. The number of piperidine rings is 1. The topological polar surface area (TPSA) is 122 Å². The Morgan fingerprint density at radius 3 is 2.74 bits per heavy atom. The first kappa shape index (κ1) is 29.2. The zero-order valence-electron chi connectivity index (χ0n) is 25.8. The van der Waals surface area contributed by atoms with Crippen LogP contribution in [0, 0.1) is 11.9 Å². The Hall–Kier alpha value is -5.17. The Bertz CT molecular complexity index is 2120. The number of methoxy groups -OCH3 is 1. The number of fused-ring (bicyclic) bond motifs is 2. The van der Waals surface area contributed by atoms with Gasteiger partial charge in [-0.15, -0.1) is 0 Å². The second kappa shape index (κ2) is 11.6. The zero-order chi connectivity index (χ0) is 32.2. The van der Waals surface area contributed by atoms with E-state index < -0.39 is 18.2 Å². The first-order valence-electron chi connectivity index (χ1n) is 15.7. The van der Waals surface area contributed by atoms with Crippen molar-refractivity contribution in [2.75, 3.05) is 20.2 Å². The molecule has 2 fully saturated rings. The first-order valence-corrected chi connectivity index (χ1v) is 15.7. The number of hydrogen-bond acceptors (Lipinski definition) is 7. The molecular formula is C34H33F2N9O2. The predicted octanol–water partition coefficient (Wildman–Crippen LogP) is 4.75. The fourth-order valence-corrected chi connectivity index (χ4v) is 6.57. The van der Waals surface area contributed by atoms with Crippen LogP contribution in [0.4, 0.5) is 8.78 Å². The zero-order valence-corrected chi connectivity index (χ0v) is 25.8. The minimum Gasteiger partial charge on any atom is -0.494 e. The van der Waals surface area contributed by atoms with Gasteiger partial charge in [-0.1, -0.05) is 6.07 Å². The summed E-state index contributed by atoms with van der Waals surface area (Å²) in [6.07, 6.45) is 6.68. The third-order valence-corrected chi connectivity index (χ3v) is 8.93. The lowest BCUT2D eigenvalue weighted by atomic mass is 10.0. The number of hydrogen-bond donors (Lipinski definition) is 1. The maximum atomic E-state index is 14.4. The summed E-state index contributed by atoms with van der Waals surface area (Å²) in [5.41, 5.74) is 10.2. The number of amides is 1. The normalized spacial score (nSPS) is 18.3. The summed E-state index contributed by atoms with van der Waals surface area (Å²) in [5.74, 6) is 1.12. The molecule has 1 aromatic carbocycles. The molecule has 2 aliphatic rings. The molecule has 8 rings (SSSR count). The Kier molecular flexibility index (Phi) is 7.20. The summed E-state index contributed by atoms with van der Waals surface area (Å²) < 4.78 is 40.0. The Morgan fingerprint density at radius 2 is 1.96 bits per heavy atom. The SMILES string of the molecule is COc1cc(C(=O)N2C[C@H](N)C[C@@H](F)C2)cc2nc(-c3cc4cccnc4n3CC3CC3)n(Cc3cnn(-c4cccc(F)n4)c3)c12. The maximum absolute atomic E-state index is 14.4. The molecule has 11 nitrogen and oxygen atoms in total. The summed E-state index contributed by atoms with van der Waals surface area (Å²) in [4.78, 5) is 29.0. The number of nitrogens with two attached hydrogens (primary N) is 1. The van der Waals surface area contributed by atoms with Crippen LogP contribution in [0.5, 0.6) is 5.75 Å². The number of carbonyl (C=O) groups excluding carboxylic acids is 1. The Labute approximate surface area is 268 Å². The van der Waals surface area contributed by atoms with Crippen LogP contribution in [0.3, 0.4) is 0 Å². The third kappa shape index (κ3) is 5.50. The molecule has 0 radical (unpaired) electrons. The number of benzene rings is 1. The lowest BCUT2D eigenvalue weighted by molar-refractivity contribution is 0.0606.